The van der Waals surface area contributed by atoms with Gasteiger partial charge in [-0.1, -0.05) is 0 Å². The van der Waals surface area contributed by atoms with Gasteiger partial charge in [-0.25, -0.2) is 19.6 Å². The number of hydrogen-bond donors (Lipinski definition) is 2. The number of H-pyrrole nitrogens is 1. The molecule has 0 bridgehead atoms. The molecule has 0 amide bonds. The van der Waals surface area contributed by atoms with Crippen LogP contribution in [0.3, 0.4) is 0 Å². The number of piperazine rings is 1. The summed E-state index contributed by atoms with van der Waals surface area (Å²) >= 11 is 0. The van der Waals surface area contributed by atoms with Gasteiger partial charge in [-0.05, 0) is 31.2 Å². The fourth-order valence-electron chi connectivity index (χ4n) is 3.78. The first-order valence-electron chi connectivity index (χ1n) is 10.3. The zero-order valence-electron chi connectivity index (χ0n) is 17.3. The molecule has 10 heteroatoms. The summed E-state index contributed by atoms with van der Waals surface area (Å²) in [4.78, 5) is 17.9. The molecule has 1 fully saturated rings. The lowest BCUT2D eigenvalue weighted by molar-refractivity contribution is 0.247. The summed E-state index contributed by atoms with van der Waals surface area (Å²) < 4.78 is 1.78. The van der Waals surface area contributed by atoms with Gasteiger partial charge in [-0.3, -0.25) is 10.00 Å². The van der Waals surface area contributed by atoms with E-state index in [4.69, 9.17) is 4.98 Å². The Balaban J connectivity index is 1.17. The first-order valence-corrected chi connectivity index (χ1v) is 10.3. The van der Waals surface area contributed by atoms with Crippen LogP contribution in [0, 0.1) is 6.92 Å². The van der Waals surface area contributed by atoms with E-state index in [0.29, 0.717) is 5.95 Å². The molecule has 31 heavy (non-hydrogen) atoms. The van der Waals surface area contributed by atoms with Crippen LogP contribution in [-0.2, 0) is 6.54 Å². The zero-order chi connectivity index (χ0) is 21.0. The molecule has 0 aliphatic carbocycles. The van der Waals surface area contributed by atoms with Crippen molar-refractivity contribution in [2.75, 3.05) is 36.4 Å². The van der Waals surface area contributed by atoms with Crippen molar-refractivity contribution in [3.8, 4) is 5.82 Å². The van der Waals surface area contributed by atoms with Crippen LogP contribution in [0.25, 0.3) is 5.82 Å². The van der Waals surface area contributed by atoms with Gasteiger partial charge in [0.1, 0.15) is 0 Å². The highest BCUT2D eigenvalue weighted by atomic mass is 15.3. The Hall–Kier alpha value is -3.79. The van der Waals surface area contributed by atoms with Gasteiger partial charge < -0.3 is 10.2 Å². The van der Waals surface area contributed by atoms with Gasteiger partial charge in [0.2, 0.25) is 5.95 Å². The standard InChI is InChI=1S/C21H24N10/c1-16-18(4-5-20(25-16)31-9-3-8-24-31)30-12-10-29(11-13-30)15-17-14-19(28-27-17)26-21-22-6-2-7-23-21/h2-9,14H,10-13,15H2,1H3,(H2,22,23,26,27,28). The lowest BCUT2D eigenvalue weighted by Gasteiger charge is -2.36. The van der Waals surface area contributed by atoms with Crippen molar-refractivity contribution in [2.45, 2.75) is 13.5 Å². The second-order valence-corrected chi connectivity index (χ2v) is 7.46. The van der Waals surface area contributed by atoms with E-state index in [1.54, 1.807) is 29.3 Å². The van der Waals surface area contributed by atoms with Crippen LogP contribution in [0.1, 0.15) is 11.4 Å². The smallest absolute Gasteiger partial charge is 0.228 e. The SMILES string of the molecule is Cc1nc(-n2cccn2)ccc1N1CCN(Cc2cc(Nc3ncccn3)n[nH]2)CC1. The van der Waals surface area contributed by atoms with Crippen LogP contribution < -0.4 is 10.2 Å². The first kappa shape index (κ1) is 19.2. The Morgan fingerprint density at radius 1 is 1.03 bits per heavy atom. The lowest BCUT2D eigenvalue weighted by atomic mass is 10.2. The molecular weight excluding hydrogens is 392 g/mol. The Labute approximate surface area is 180 Å². The molecule has 0 radical (unpaired) electrons. The highest BCUT2D eigenvalue weighted by molar-refractivity contribution is 5.53. The summed E-state index contributed by atoms with van der Waals surface area (Å²) in [5, 5.41) is 14.8. The lowest BCUT2D eigenvalue weighted by Crippen LogP contribution is -2.46. The molecule has 0 spiro atoms. The largest absolute Gasteiger partial charge is 0.368 e. The summed E-state index contributed by atoms with van der Waals surface area (Å²) in [6.45, 7) is 6.76. The number of anilines is 3. The molecule has 2 N–H and O–H groups in total. The summed E-state index contributed by atoms with van der Waals surface area (Å²) in [7, 11) is 0. The minimum absolute atomic E-state index is 0.539. The van der Waals surface area contributed by atoms with Crippen LogP contribution in [0.2, 0.25) is 0 Å². The fraction of sp³-hybridized carbons (Fsp3) is 0.286. The van der Waals surface area contributed by atoms with E-state index in [-0.39, 0.29) is 0 Å². The molecule has 0 atom stereocenters. The molecule has 158 valence electrons. The van der Waals surface area contributed by atoms with Crippen molar-refractivity contribution in [1.82, 2.24) is 39.8 Å². The van der Waals surface area contributed by atoms with E-state index in [2.05, 4.69) is 53.4 Å². The molecule has 0 saturated carbocycles. The normalized spacial score (nSPS) is 14.7. The van der Waals surface area contributed by atoms with E-state index in [1.807, 2.05) is 24.4 Å². The van der Waals surface area contributed by atoms with Gasteiger partial charge in [0.25, 0.3) is 0 Å². The zero-order valence-corrected chi connectivity index (χ0v) is 17.3. The van der Waals surface area contributed by atoms with Gasteiger partial charge in [0, 0.05) is 63.6 Å². The Kier molecular flexibility index (Phi) is 5.28. The summed E-state index contributed by atoms with van der Waals surface area (Å²) in [5.41, 5.74) is 3.27. The van der Waals surface area contributed by atoms with Crippen LogP contribution in [0.4, 0.5) is 17.5 Å². The van der Waals surface area contributed by atoms with Gasteiger partial charge >= 0.3 is 0 Å². The molecule has 5 heterocycles. The van der Waals surface area contributed by atoms with Crippen molar-refractivity contribution >= 4 is 17.5 Å². The van der Waals surface area contributed by atoms with Crippen molar-refractivity contribution in [2.24, 2.45) is 0 Å². The van der Waals surface area contributed by atoms with E-state index >= 15 is 0 Å². The average molecular weight is 416 g/mol. The topological polar surface area (TPSA) is 104 Å². The third-order valence-corrected chi connectivity index (χ3v) is 5.33. The number of aryl methyl sites for hydroxylation is 1. The van der Waals surface area contributed by atoms with Crippen LogP contribution in [-0.4, -0.2) is 66.0 Å². The molecule has 1 saturated heterocycles. The third-order valence-electron chi connectivity index (χ3n) is 5.33. The molecule has 0 aromatic carbocycles. The molecule has 1 aliphatic heterocycles. The number of rotatable bonds is 6. The third kappa shape index (κ3) is 4.38. The van der Waals surface area contributed by atoms with Crippen molar-refractivity contribution in [3.05, 3.63) is 66.5 Å². The number of hydrogen-bond acceptors (Lipinski definition) is 8. The van der Waals surface area contributed by atoms with E-state index in [0.717, 1.165) is 55.7 Å². The Morgan fingerprint density at radius 2 is 1.87 bits per heavy atom. The van der Waals surface area contributed by atoms with Gasteiger partial charge in [0.15, 0.2) is 11.6 Å². The summed E-state index contributed by atoms with van der Waals surface area (Å²) in [6.07, 6.45) is 7.07. The second-order valence-electron chi connectivity index (χ2n) is 7.46. The van der Waals surface area contributed by atoms with E-state index < -0.39 is 0 Å². The minimum Gasteiger partial charge on any atom is -0.368 e. The minimum atomic E-state index is 0.539. The highest BCUT2D eigenvalue weighted by Gasteiger charge is 2.20. The number of aromatic nitrogens is 7. The van der Waals surface area contributed by atoms with Crippen LogP contribution in [0.15, 0.2) is 55.1 Å². The van der Waals surface area contributed by atoms with E-state index in [1.165, 1.54) is 5.69 Å². The van der Waals surface area contributed by atoms with Crippen LogP contribution in [0.5, 0.6) is 0 Å². The van der Waals surface area contributed by atoms with Gasteiger partial charge in [-0.2, -0.15) is 10.2 Å². The molecule has 4 aromatic heterocycles. The summed E-state index contributed by atoms with van der Waals surface area (Å²) in [6, 6.07) is 9.86. The number of aromatic amines is 1. The second kappa shape index (κ2) is 8.52. The number of nitrogens with zero attached hydrogens (tertiary/aromatic N) is 8. The molecule has 1 aliphatic rings. The quantitative estimate of drug-likeness (QED) is 0.493. The molecule has 5 rings (SSSR count). The maximum atomic E-state index is 4.73. The van der Waals surface area contributed by atoms with Crippen molar-refractivity contribution in [1.29, 1.82) is 0 Å². The van der Waals surface area contributed by atoms with E-state index in [9.17, 15) is 0 Å². The van der Waals surface area contributed by atoms with Crippen LogP contribution >= 0.6 is 0 Å². The van der Waals surface area contributed by atoms with Gasteiger partial charge in [0.05, 0.1) is 17.1 Å². The Morgan fingerprint density at radius 3 is 2.61 bits per heavy atom. The summed E-state index contributed by atoms with van der Waals surface area (Å²) in [5.74, 6) is 2.10. The molecule has 4 aromatic rings. The maximum Gasteiger partial charge on any atom is 0.228 e. The number of nitrogens with one attached hydrogen (secondary N) is 2. The fourth-order valence-corrected chi connectivity index (χ4v) is 3.78. The number of pyridine rings is 1. The highest BCUT2D eigenvalue weighted by Crippen LogP contribution is 2.22. The molecular formula is C21H24N10. The van der Waals surface area contributed by atoms with Crippen molar-refractivity contribution in [3.63, 3.8) is 0 Å². The molecule has 10 nitrogen and oxygen atoms in total. The van der Waals surface area contributed by atoms with Crippen molar-refractivity contribution < 1.29 is 0 Å². The van der Waals surface area contributed by atoms with Gasteiger partial charge in [-0.15, -0.1) is 0 Å². The predicted octanol–water partition coefficient (Wildman–Crippen LogP) is 2.15. The average Bonchev–Trinajstić information content (AvgIpc) is 3.48. The molecule has 0 unspecified atom stereocenters. The predicted molar refractivity (Wildman–Crippen MR) is 117 cm³/mol. The Bertz CT molecular complexity index is 1110. The maximum absolute atomic E-state index is 4.73. The monoisotopic (exact) mass is 416 g/mol. The first-order chi connectivity index (χ1) is 15.2.